The maximum atomic E-state index is 11.2. The molecule has 0 aromatic rings. The third kappa shape index (κ3) is 3.55. The Morgan fingerprint density at radius 2 is 2.38 bits per heavy atom. The predicted molar refractivity (Wildman–Crippen MR) is 24.0 cm³/mol. The average molecular weight is 122 g/mol. The van der Waals surface area contributed by atoms with E-state index < -0.39 is 12.6 Å². The van der Waals surface area contributed by atoms with Crippen LogP contribution in [0.5, 0.6) is 0 Å². The summed E-state index contributed by atoms with van der Waals surface area (Å²) < 4.78 is 15.2. The molecule has 0 aromatic heterocycles. The molecule has 0 amide bonds. The first-order valence-corrected chi connectivity index (χ1v) is 2.13. The number of hydrogen-bond donors (Lipinski definition) is 1. The smallest absolute Gasteiger partial charge is 0.337 e. The fourth-order valence-corrected chi connectivity index (χ4v) is 0.198. The van der Waals surface area contributed by atoms with Crippen LogP contribution in [0.1, 0.15) is 0 Å². The highest BCUT2D eigenvalue weighted by Gasteiger charge is 1.96. The lowest BCUT2D eigenvalue weighted by Gasteiger charge is -1.95. The van der Waals surface area contributed by atoms with Crippen molar-refractivity contribution in [2.45, 2.75) is 0 Å². The van der Waals surface area contributed by atoms with Crippen molar-refractivity contribution in [1.82, 2.24) is 0 Å². The first-order valence-electron chi connectivity index (χ1n) is 2.13. The van der Waals surface area contributed by atoms with Gasteiger partial charge >= 0.3 is 5.97 Å². The van der Waals surface area contributed by atoms with Crippen LogP contribution in [0.25, 0.3) is 0 Å². The summed E-state index contributed by atoms with van der Waals surface area (Å²) in [5, 5.41) is 8.01. The van der Waals surface area contributed by atoms with Crippen molar-refractivity contribution < 1.29 is 19.0 Å². The molecule has 0 saturated carbocycles. The van der Waals surface area contributed by atoms with E-state index in [1.54, 1.807) is 0 Å². The minimum absolute atomic E-state index is 0.122. The molecule has 0 atom stereocenters. The molecule has 0 radical (unpaired) electrons. The number of esters is 1. The van der Waals surface area contributed by atoms with Gasteiger partial charge in [0.05, 0.1) is 6.61 Å². The molecular weight excluding hydrogens is 115 g/mol. The van der Waals surface area contributed by atoms with Crippen LogP contribution in [-0.4, -0.2) is 31.0 Å². The highest BCUT2D eigenvalue weighted by atomic mass is 19.1. The number of alkyl halides is 1. The van der Waals surface area contributed by atoms with Gasteiger partial charge in [-0.2, -0.15) is 0 Å². The van der Waals surface area contributed by atoms with Crippen LogP contribution in [0.3, 0.4) is 0 Å². The number of aliphatic hydroxyl groups is 1. The van der Waals surface area contributed by atoms with Crippen LogP contribution in [0.2, 0.25) is 0 Å². The van der Waals surface area contributed by atoms with Gasteiger partial charge in [-0.05, 0) is 0 Å². The number of ether oxygens (including phenoxy) is 1. The summed E-state index contributed by atoms with van der Waals surface area (Å²) in [4.78, 5) is 9.86. The van der Waals surface area contributed by atoms with Crippen LogP contribution in [0.4, 0.5) is 4.39 Å². The maximum absolute atomic E-state index is 11.2. The van der Waals surface area contributed by atoms with Crippen molar-refractivity contribution in [3.05, 3.63) is 0 Å². The third-order valence-corrected chi connectivity index (χ3v) is 0.463. The van der Waals surface area contributed by atoms with E-state index in [1.165, 1.54) is 0 Å². The van der Waals surface area contributed by atoms with E-state index in [0.717, 1.165) is 0 Å². The van der Waals surface area contributed by atoms with Gasteiger partial charge in [-0.15, -0.1) is 0 Å². The van der Waals surface area contributed by atoms with Crippen LogP contribution in [0.15, 0.2) is 0 Å². The molecule has 0 aliphatic heterocycles. The molecule has 0 saturated heterocycles. The second-order valence-corrected chi connectivity index (χ2v) is 1.08. The lowest BCUT2D eigenvalue weighted by molar-refractivity contribution is -0.145. The molecule has 0 aromatic carbocycles. The molecule has 0 aliphatic carbocycles. The van der Waals surface area contributed by atoms with Crippen molar-refractivity contribution in [3.63, 3.8) is 0 Å². The van der Waals surface area contributed by atoms with E-state index >= 15 is 0 Å². The van der Waals surface area contributed by atoms with Crippen LogP contribution >= 0.6 is 0 Å². The second kappa shape index (κ2) is 4.52. The van der Waals surface area contributed by atoms with Gasteiger partial charge in [0.1, 0.15) is 6.61 Å². The van der Waals surface area contributed by atoms with E-state index in [1.807, 2.05) is 0 Å². The van der Waals surface area contributed by atoms with Gasteiger partial charge in [0.2, 0.25) is 0 Å². The van der Waals surface area contributed by atoms with E-state index in [0.29, 0.717) is 0 Å². The zero-order chi connectivity index (χ0) is 6.41. The molecule has 0 spiro atoms. The largest absolute Gasteiger partial charge is 0.461 e. The van der Waals surface area contributed by atoms with Crippen molar-refractivity contribution in [2.75, 3.05) is 19.9 Å². The third-order valence-electron chi connectivity index (χ3n) is 0.463. The predicted octanol–water partition coefficient (Wildman–Crippen LogP) is -0.509. The first kappa shape index (κ1) is 7.36. The molecule has 1 N–H and O–H groups in total. The monoisotopic (exact) mass is 122 g/mol. The number of hydrogen-bond acceptors (Lipinski definition) is 3. The molecular formula is C4H7FO3. The van der Waals surface area contributed by atoms with E-state index in [4.69, 9.17) is 5.11 Å². The van der Waals surface area contributed by atoms with E-state index in [-0.39, 0.29) is 13.2 Å². The van der Waals surface area contributed by atoms with Crippen molar-refractivity contribution in [1.29, 1.82) is 0 Å². The minimum Gasteiger partial charge on any atom is -0.461 e. The Bertz CT molecular complexity index is 73.7. The summed E-state index contributed by atoms with van der Waals surface area (Å²) in [6, 6.07) is 0. The quantitative estimate of drug-likeness (QED) is 0.513. The van der Waals surface area contributed by atoms with Gasteiger partial charge in [-0.25, -0.2) is 9.18 Å². The van der Waals surface area contributed by atoms with Crippen LogP contribution < -0.4 is 0 Å². The summed E-state index contributed by atoms with van der Waals surface area (Å²) in [5.74, 6) is -0.931. The Kier molecular flexibility index (Phi) is 4.16. The van der Waals surface area contributed by atoms with Crippen molar-refractivity contribution in [3.8, 4) is 0 Å². The Morgan fingerprint density at radius 3 is 2.75 bits per heavy atom. The van der Waals surface area contributed by atoms with Gasteiger partial charge in [0, 0.05) is 0 Å². The number of carbonyl (C=O) groups is 1. The molecule has 0 bridgehead atoms. The Balaban J connectivity index is 2.99. The van der Waals surface area contributed by atoms with Gasteiger partial charge in [0.15, 0.2) is 6.67 Å². The molecule has 4 heteroatoms. The van der Waals surface area contributed by atoms with Crippen molar-refractivity contribution in [2.24, 2.45) is 0 Å². The lowest BCUT2D eigenvalue weighted by atomic mass is 10.7. The SMILES string of the molecule is O=C(CF)OCCO. The summed E-state index contributed by atoms with van der Waals surface area (Å²) >= 11 is 0. The normalized spacial score (nSPS) is 8.75. The highest BCUT2D eigenvalue weighted by molar-refractivity contribution is 5.70. The fraction of sp³-hybridized carbons (Fsp3) is 0.750. The van der Waals surface area contributed by atoms with E-state index in [9.17, 15) is 9.18 Å². The summed E-state index contributed by atoms with van der Waals surface area (Å²) in [7, 11) is 0. The molecule has 0 aliphatic rings. The van der Waals surface area contributed by atoms with Crippen molar-refractivity contribution >= 4 is 5.97 Å². The lowest BCUT2D eigenvalue weighted by Crippen LogP contribution is -2.09. The number of aliphatic hydroxyl groups excluding tert-OH is 1. The summed E-state index contributed by atoms with van der Waals surface area (Å²) in [6.07, 6.45) is 0. The molecule has 3 nitrogen and oxygen atoms in total. The number of rotatable bonds is 3. The summed E-state index contributed by atoms with van der Waals surface area (Å²) in [6.45, 7) is -1.51. The number of carbonyl (C=O) groups excluding carboxylic acids is 1. The number of halogens is 1. The Labute approximate surface area is 46.1 Å². The zero-order valence-corrected chi connectivity index (χ0v) is 4.26. The first-order chi connectivity index (χ1) is 3.81. The second-order valence-electron chi connectivity index (χ2n) is 1.08. The molecule has 0 rings (SSSR count). The topological polar surface area (TPSA) is 46.5 Å². The molecule has 8 heavy (non-hydrogen) atoms. The highest BCUT2D eigenvalue weighted by Crippen LogP contribution is 1.76. The fourth-order valence-electron chi connectivity index (χ4n) is 0.198. The maximum Gasteiger partial charge on any atom is 0.337 e. The van der Waals surface area contributed by atoms with E-state index in [2.05, 4.69) is 4.74 Å². The molecule has 48 valence electrons. The Hall–Kier alpha value is -0.640. The van der Waals surface area contributed by atoms with Crippen LogP contribution in [-0.2, 0) is 9.53 Å². The average Bonchev–Trinajstić information content (AvgIpc) is 1.83. The zero-order valence-electron chi connectivity index (χ0n) is 4.26. The summed E-state index contributed by atoms with van der Waals surface area (Å²) in [5.41, 5.74) is 0. The Morgan fingerprint density at radius 1 is 1.75 bits per heavy atom. The molecule has 0 heterocycles. The molecule has 0 unspecified atom stereocenters. The van der Waals surface area contributed by atoms with Gasteiger partial charge < -0.3 is 9.84 Å². The van der Waals surface area contributed by atoms with Gasteiger partial charge in [-0.1, -0.05) is 0 Å². The van der Waals surface area contributed by atoms with Gasteiger partial charge in [-0.3, -0.25) is 0 Å². The standard InChI is InChI=1S/C4H7FO3/c5-3-4(7)8-2-1-6/h6H,1-3H2. The molecule has 0 fully saturated rings. The van der Waals surface area contributed by atoms with Crippen LogP contribution in [0, 0.1) is 0 Å². The minimum atomic E-state index is -1.12. The van der Waals surface area contributed by atoms with Gasteiger partial charge in [0.25, 0.3) is 0 Å².